The summed E-state index contributed by atoms with van der Waals surface area (Å²) in [6, 6.07) is 3.39. The standard InChI is InChI=1S/C12H16F2N2O2S/c13-10-2-1-8(5-11(10)14)6-12(16-15)9-3-4-19(17,18)7-9/h1-2,5,9,12,16H,3-4,6-7,15H2. The third kappa shape index (κ3) is 3.49. The summed E-state index contributed by atoms with van der Waals surface area (Å²) in [5.41, 5.74) is 3.17. The fourth-order valence-corrected chi connectivity index (χ4v) is 4.30. The molecule has 1 heterocycles. The van der Waals surface area contributed by atoms with E-state index >= 15 is 0 Å². The van der Waals surface area contributed by atoms with Gasteiger partial charge < -0.3 is 0 Å². The Labute approximate surface area is 110 Å². The van der Waals surface area contributed by atoms with Crippen LogP contribution in [0.1, 0.15) is 12.0 Å². The van der Waals surface area contributed by atoms with Gasteiger partial charge in [0.1, 0.15) is 0 Å². The molecule has 19 heavy (non-hydrogen) atoms. The van der Waals surface area contributed by atoms with Crippen molar-refractivity contribution in [3.63, 3.8) is 0 Å². The molecule has 106 valence electrons. The average Bonchev–Trinajstić information content (AvgIpc) is 2.71. The molecule has 0 bridgehead atoms. The first-order valence-electron chi connectivity index (χ1n) is 6.02. The molecule has 1 fully saturated rings. The van der Waals surface area contributed by atoms with Crippen molar-refractivity contribution in [2.75, 3.05) is 11.5 Å². The molecule has 2 atom stereocenters. The Balaban J connectivity index is 2.09. The molecule has 0 aliphatic carbocycles. The molecular weight excluding hydrogens is 274 g/mol. The first-order chi connectivity index (χ1) is 8.91. The van der Waals surface area contributed by atoms with E-state index in [0.29, 0.717) is 18.4 Å². The van der Waals surface area contributed by atoms with Gasteiger partial charge >= 0.3 is 0 Å². The predicted molar refractivity (Wildman–Crippen MR) is 67.9 cm³/mol. The van der Waals surface area contributed by atoms with E-state index in [9.17, 15) is 17.2 Å². The summed E-state index contributed by atoms with van der Waals surface area (Å²) in [4.78, 5) is 0. The Morgan fingerprint density at radius 1 is 1.37 bits per heavy atom. The van der Waals surface area contributed by atoms with Crippen LogP contribution in [0, 0.1) is 17.6 Å². The van der Waals surface area contributed by atoms with Crippen LogP contribution in [0.25, 0.3) is 0 Å². The average molecular weight is 290 g/mol. The van der Waals surface area contributed by atoms with Gasteiger partial charge in [-0.05, 0) is 36.5 Å². The first kappa shape index (κ1) is 14.4. The van der Waals surface area contributed by atoms with E-state index in [0.717, 1.165) is 12.1 Å². The van der Waals surface area contributed by atoms with Crippen LogP contribution >= 0.6 is 0 Å². The zero-order valence-corrected chi connectivity index (χ0v) is 11.1. The third-order valence-corrected chi connectivity index (χ3v) is 5.28. The highest BCUT2D eigenvalue weighted by Crippen LogP contribution is 2.24. The van der Waals surface area contributed by atoms with Crippen LogP contribution in [0.3, 0.4) is 0 Å². The van der Waals surface area contributed by atoms with Crippen molar-refractivity contribution in [3.05, 3.63) is 35.4 Å². The lowest BCUT2D eigenvalue weighted by Crippen LogP contribution is -2.43. The molecule has 3 N–H and O–H groups in total. The Morgan fingerprint density at radius 3 is 2.63 bits per heavy atom. The smallest absolute Gasteiger partial charge is 0.159 e. The summed E-state index contributed by atoms with van der Waals surface area (Å²) in [7, 11) is -2.99. The second-order valence-corrected chi connectivity index (χ2v) is 7.12. The first-order valence-corrected chi connectivity index (χ1v) is 7.84. The summed E-state index contributed by atoms with van der Waals surface area (Å²) < 4.78 is 48.8. The summed E-state index contributed by atoms with van der Waals surface area (Å²) >= 11 is 0. The minimum Gasteiger partial charge on any atom is -0.271 e. The lowest BCUT2D eigenvalue weighted by molar-refractivity contribution is 0.384. The zero-order chi connectivity index (χ0) is 14.0. The predicted octanol–water partition coefficient (Wildman–Crippen LogP) is 0.774. The van der Waals surface area contributed by atoms with E-state index in [2.05, 4.69) is 5.43 Å². The number of nitrogens with one attached hydrogen (secondary N) is 1. The maximum absolute atomic E-state index is 13.1. The number of nitrogens with two attached hydrogens (primary N) is 1. The molecule has 4 nitrogen and oxygen atoms in total. The van der Waals surface area contributed by atoms with Crippen molar-refractivity contribution in [1.82, 2.24) is 5.43 Å². The van der Waals surface area contributed by atoms with E-state index < -0.39 is 21.5 Å². The number of halogens is 2. The summed E-state index contributed by atoms with van der Waals surface area (Å²) in [6.45, 7) is 0. The van der Waals surface area contributed by atoms with Gasteiger partial charge in [0.15, 0.2) is 21.5 Å². The SMILES string of the molecule is NNC(Cc1ccc(F)c(F)c1)C1CCS(=O)(=O)C1. The highest BCUT2D eigenvalue weighted by molar-refractivity contribution is 7.91. The molecular formula is C12H16F2N2O2S. The van der Waals surface area contributed by atoms with Gasteiger partial charge in [-0.1, -0.05) is 6.07 Å². The number of rotatable bonds is 4. The molecule has 2 rings (SSSR count). The fourth-order valence-electron chi connectivity index (χ4n) is 2.42. The lowest BCUT2D eigenvalue weighted by Gasteiger charge is -2.21. The molecule has 1 aliphatic heterocycles. The minimum atomic E-state index is -2.99. The van der Waals surface area contributed by atoms with Gasteiger partial charge in [0.2, 0.25) is 0 Å². The Kier molecular flexibility index (Phi) is 4.17. The van der Waals surface area contributed by atoms with Gasteiger partial charge in [0.05, 0.1) is 11.5 Å². The van der Waals surface area contributed by atoms with Gasteiger partial charge in [-0.3, -0.25) is 11.3 Å². The van der Waals surface area contributed by atoms with Crippen LogP contribution in [0.2, 0.25) is 0 Å². The van der Waals surface area contributed by atoms with Crippen molar-refractivity contribution in [1.29, 1.82) is 0 Å². The Morgan fingerprint density at radius 2 is 2.11 bits per heavy atom. The van der Waals surface area contributed by atoms with Crippen molar-refractivity contribution >= 4 is 9.84 Å². The Bertz CT molecular complexity index is 563. The second-order valence-electron chi connectivity index (χ2n) is 4.89. The lowest BCUT2D eigenvalue weighted by atomic mass is 9.93. The van der Waals surface area contributed by atoms with Gasteiger partial charge in [0.25, 0.3) is 0 Å². The van der Waals surface area contributed by atoms with Crippen molar-refractivity contribution in [2.45, 2.75) is 18.9 Å². The number of hydrogen-bond donors (Lipinski definition) is 2. The van der Waals surface area contributed by atoms with Gasteiger partial charge in [-0.2, -0.15) is 0 Å². The molecule has 0 spiro atoms. The highest BCUT2D eigenvalue weighted by Gasteiger charge is 2.33. The van der Waals surface area contributed by atoms with Crippen molar-refractivity contribution in [2.24, 2.45) is 11.8 Å². The van der Waals surface area contributed by atoms with Gasteiger partial charge in [-0.15, -0.1) is 0 Å². The van der Waals surface area contributed by atoms with E-state index in [1.807, 2.05) is 0 Å². The highest BCUT2D eigenvalue weighted by atomic mass is 32.2. The molecule has 1 aliphatic rings. The van der Waals surface area contributed by atoms with Crippen LogP contribution in [0.4, 0.5) is 8.78 Å². The van der Waals surface area contributed by atoms with Gasteiger partial charge in [0, 0.05) is 6.04 Å². The molecule has 0 saturated carbocycles. The van der Waals surface area contributed by atoms with E-state index in [1.165, 1.54) is 6.07 Å². The second kappa shape index (κ2) is 5.52. The maximum atomic E-state index is 13.1. The molecule has 0 amide bonds. The summed E-state index contributed by atoms with van der Waals surface area (Å²) in [6.07, 6.45) is 0.911. The van der Waals surface area contributed by atoms with Crippen LogP contribution in [0.15, 0.2) is 18.2 Å². The normalized spacial score (nSPS) is 23.4. The molecule has 7 heteroatoms. The van der Waals surface area contributed by atoms with E-state index in [4.69, 9.17) is 5.84 Å². The largest absolute Gasteiger partial charge is 0.271 e. The molecule has 2 unspecified atom stereocenters. The molecule has 1 saturated heterocycles. The Hall–Kier alpha value is -1.05. The quantitative estimate of drug-likeness (QED) is 0.635. The van der Waals surface area contributed by atoms with Crippen LogP contribution < -0.4 is 11.3 Å². The number of hydrazine groups is 1. The van der Waals surface area contributed by atoms with Crippen LogP contribution in [-0.2, 0) is 16.3 Å². The molecule has 1 aromatic carbocycles. The number of hydrogen-bond acceptors (Lipinski definition) is 4. The van der Waals surface area contributed by atoms with Gasteiger partial charge in [-0.25, -0.2) is 17.2 Å². The number of sulfone groups is 1. The maximum Gasteiger partial charge on any atom is 0.159 e. The summed E-state index contributed by atoms with van der Waals surface area (Å²) in [5.74, 6) is 3.79. The van der Waals surface area contributed by atoms with Crippen molar-refractivity contribution in [3.8, 4) is 0 Å². The van der Waals surface area contributed by atoms with E-state index in [-0.39, 0.29) is 23.5 Å². The zero-order valence-electron chi connectivity index (χ0n) is 10.3. The fraction of sp³-hybridized carbons (Fsp3) is 0.500. The monoisotopic (exact) mass is 290 g/mol. The van der Waals surface area contributed by atoms with Crippen molar-refractivity contribution < 1.29 is 17.2 Å². The summed E-state index contributed by atoms with van der Waals surface area (Å²) in [5, 5.41) is 0. The molecule has 1 aromatic rings. The molecule has 0 aromatic heterocycles. The van der Waals surface area contributed by atoms with Crippen LogP contribution in [-0.4, -0.2) is 26.0 Å². The number of benzene rings is 1. The molecule has 0 radical (unpaired) electrons. The third-order valence-electron chi connectivity index (χ3n) is 3.49. The minimum absolute atomic E-state index is 0.0888. The van der Waals surface area contributed by atoms with Crippen LogP contribution in [0.5, 0.6) is 0 Å². The topological polar surface area (TPSA) is 72.2 Å². The van der Waals surface area contributed by atoms with E-state index in [1.54, 1.807) is 0 Å².